The largest absolute Gasteiger partial charge is 0.296 e. The van der Waals surface area contributed by atoms with Gasteiger partial charge in [-0.05, 0) is 16.8 Å². The Morgan fingerprint density at radius 3 is 1.56 bits per heavy atom. The molecule has 1 nitrogen and oxygen atoms in total. The van der Waals surface area contributed by atoms with Gasteiger partial charge in [-0.2, -0.15) is 0 Å². The average Bonchev–Trinajstić information content (AvgIpc) is 2.40. The van der Waals surface area contributed by atoms with Gasteiger partial charge in [-0.3, -0.25) is 4.90 Å². The standard InChI is InChI=1S/C16H21NSi/c1-14(18)17(12-15-8-4-2-5-9-15)13-16-10-6-3-7-11-16/h2-11,14H,12-13H2,1,18H3. The van der Waals surface area contributed by atoms with Crippen molar-refractivity contribution in [3.05, 3.63) is 71.8 Å². The summed E-state index contributed by atoms with van der Waals surface area (Å²) in [5, 5.41) is 0. The van der Waals surface area contributed by atoms with Crippen molar-refractivity contribution in [1.82, 2.24) is 4.90 Å². The van der Waals surface area contributed by atoms with Crippen LogP contribution < -0.4 is 0 Å². The molecule has 0 heterocycles. The highest BCUT2D eigenvalue weighted by Crippen LogP contribution is 2.11. The Bertz CT molecular complexity index is 412. The van der Waals surface area contributed by atoms with Crippen molar-refractivity contribution in [3.63, 3.8) is 0 Å². The van der Waals surface area contributed by atoms with Crippen molar-refractivity contribution in [2.45, 2.75) is 25.7 Å². The van der Waals surface area contributed by atoms with Crippen LogP contribution in [0.25, 0.3) is 0 Å². The zero-order valence-corrected chi connectivity index (χ0v) is 13.2. The van der Waals surface area contributed by atoms with Crippen LogP contribution in [0, 0.1) is 0 Å². The van der Waals surface area contributed by atoms with Crippen molar-refractivity contribution < 1.29 is 0 Å². The van der Waals surface area contributed by atoms with E-state index in [0.717, 1.165) is 13.1 Å². The number of hydrogen-bond acceptors (Lipinski definition) is 1. The van der Waals surface area contributed by atoms with Gasteiger partial charge in [-0.1, -0.05) is 67.6 Å². The summed E-state index contributed by atoms with van der Waals surface area (Å²) < 4.78 is 0. The maximum absolute atomic E-state index is 2.55. The molecule has 2 aromatic rings. The molecule has 0 saturated heterocycles. The highest BCUT2D eigenvalue weighted by molar-refractivity contribution is 6.11. The molecule has 0 bridgehead atoms. The van der Waals surface area contributed by atoms with Crippen LogP contribution in [0.1, 0.15) is 18.1 Å². The van der Waals surface area contributed by atoms with E-state index in [0.29, 0.717) is 5.67 Å². The SMILES string of the molecule is CC([SiH3])N(Cc1ccccc1)Cc1ccccc1. The molecular formula is C16H21NSi. The van der Waals surface area contributed by atoms with Gasteiger partial charge in [0.25, 0.3) is 0 Å². The first-order valence-electron chi connectivity index (χ1n) is 6.57. The highest BCUT2D eigenvalue weighted by atomic mass is 28.1. The van der Waals surface area contributed by atoms with E-state index in [-0.39, 0.29) is 0 Å². The summed E-state index contributed by atoms with van der Waals surface area (Å²) in [6.45, 7) is 4.40. The summed E-state index contributed by atoms with van der Waals surface area (Å²) in [6, 6.07) is 21.5. The van der Waals surface area contributed by atoms with Gasteiger partial charge < -0.3 is 0 Å². The molecular weight excluding hydrogens is 234 g/mol. The molecule has 1 unspecified atom stereocenters. The van der Waals surface area contributed by atoms with E-state index in [1.165, 1.54) is 21.4 Å². The summed E-state index contributed by atoms with van der Waals surface area (Å²) in [6.07, 6.45) is 0. The lowest BCUT2D eigenvalue weighted by Gasteiger charge is -2.26. The molecule has 2 rings (SSSR count). The van der Waals surface area contributed by atoms with Crippen molar-refractivity contribution in [2.24, 2.45) is 0 Å². The second kappa shape index (κ2) is 6.52. The molecule has 0 saturated carbocycles. The molecule has 0 amide bonds. The molecule has 2 aromatic carbocycles. The maximum atomic E-state index is 2.55. The maximum Gasteiger partial charge on any atom is 0.0241 e. The van der Waals surface area contributed by atoms with Gasteiger partial charge >= 0.3 is 0 Å². The molecule has 0 N–H and O–H groups in total. The zero-order chi connectivity index (χ0) is 12.8. The highest BCUT2D eigenvalue weighted by Gasteiger charge is 2.10. The fourth-order valence-electron chi connectivity index (χ4n) is 2.06. The summed E-state index contributed by atoms with van der Waals surface area (Å²) in [5.41, 5.74) is 3.48. The molecule has 0 aliphatic heterocycles. The number of rotatable bonds is 5. The third-order valence-corrected chi connectivity index (χ3v) is 3.92. The number of nitrogens with zero attached hydrogens (tertiary/aromatic N) is 1. The first kappa shape index (κ1) is 13.1. The van der Waals surface area contributed by atoms with E-state index < -0.39 is 0 Å². The molecule has 2 heteroatoms. The lowest BCUT2D eigenvalue weighted by Crippen LogP contribution is -2.32. The van der Waals surface area contributed by atoms with Crippen LogP contribution in [0.2, 0.25) is 0 Å². The monoisotopic (exact) mass is 255 g/mol. The van der Waals surface area contributed by atoms with Crippen LogP contribution in [0.5, 0.6) is 0 Å². The minimum atomic E-state index is 0.686. The average molecular weight is 255 g/mol. The van der Waals surface area contributed by atoms with Crippen LogP contribution in [0.3, 0.4) is 0 Å². The molecule has 18 heavy (non-hydrogen) atoms. The normalized spacial score (nSPS) is 12.8. The molecule has 94 valence electrons. The molecule has 0 radical (unpaired) electrons. The lowest BCUT2D eigenvalue weighted by molar-refractivity contribution is 0.244. The van der Waals surface area contributed by atoms with Crippen LogP contribution in [0.15, 0.2) is 60.7 Å². The second-order valence-electron chi connectivity index (χ2n) is 4.97. The predicted molar refractivity (Wildman–Crippen MR) is 81.5 cm³/mol. The topological polar surface area (TPSA) is 3.24 Å². The Kier molecular flexibility index (Phi) is 4.73. The van der Waals surface area contributed by atoms with Gasteiger partial charge in [0.15, 0.2) is 0 Å². The summed E-state index contributed by atoms with van der Waals surface area (Å²) >= 11 is 0. The molecule has 1 atom stereocenters. The van der Waals surface area contributed by atoms with E-state index in [1.807, 2.05) is 0 Å². The predicted octanol–water partition coefficient (Wildman–Crippen LogP) is 2.40. The smallest absolute Gasteiger partial charge is 0.0241 e. The Hall–Kier alpha value is -1.38. The van der Waals surface area contributed by atoms with E-state index in [1.54, 1.807) is 0 Å². The first-order valence-corrected chi connectivity index (χ1v) is 7.73. The molecule has 0 aliphatic rings. The van der Waals surface area contributed by atoms with Gasteiger partial charge in [0.05, 0.1) is 0 Å². The zero-order valence-electron chi connectivity index (χ0n) is 11.2. The van der Waals surface area contributed by atoms with Crippen molar-refractivity contribution in [2.75, 3.05) is 0 Å². The third kappa shape index (κ3) is 3.83. The second-order valence-corrected chi connectivity index (χ2v) is 6.64. The van der Waals surface area contributed by atoms with Crippen LogP contribution >= 0.6 is 0 Å². The molecule has 0 aromatic heterocycles. The fraction of sp³-hybridized carbons (Fsp3) is 0.250. The number of hydrogen-bond donors (Lipinski definition) is 0. The van der Waals surface area contributed by atoms with Crippen molar-refractivity contribution in [3.8, 4) is 0 Å². The van der Waals surface area contributed by atoms with Gasteiger partial charge in [0, 0.05) is 23.3 Å². The summed E-state index contributed by atoms with van der Waals surface area (Å²) in [5.74, 6) is 0. The Balaban J connectivity index is 2.05. The van der Waals surface area contributed by atoms with Crippen molar-refractivity contribution >= 4 is 10.2 Å². The van der Waals surface area contributed by atoms with Gasteiger partial charge in [0.2, 0.25) is 0 Å². The molecule has 0 fully saturated rings. The third-order valence-electron chi connectivity index (χ3n) is 3.19. The lowest BCUT2D eigenvalue weighted by atomic mass is 10.1. The van der Waals surface area contributed by atoms with Gasteiger partial charge in [-0.25, -0.2) is 0 Å². The Labute approximate surface area is 113 Å². The Morgan fingerprint density at radius 1 is 0.833 bits per heavy atom. The minimum absolute atomic E-state index is 0.686. The first-order chi connectivity index (χ1) is 8.75. The quantitative estimate of drug-likeness (QED) is 0.742. The van der Waals surface area contributed by atoms with Crippen molar-refractivity contribution in [1.29, 1.82) is 0 Å². The molecule has 0 aliphatic carbocycles. The van der Waals surface area contributed by atoms with E-state index in [2.05, 4.69) is 72.5 Å². The van der Waals surface area contributed by atoms with Crippen LogP contribution in [-0.2, 0) is 13.1 Å². The van der Waals surface area contributed by atoms with Gasteiger partial charge in [-0.15, -0.1) is 0 Å². The number of benzene rings is 2. The van der Waals surface area contributed by atoms with E-state index in [4.69, 9.17) is 0 Å². The minimum Gasteiger partial charge on any atom is -0.296 e. The van der Waals surface area contributed by atoms with Gasteiger partial charge in [0.1, 0.15) is 0 Å². The fourth-order valence-corrected chi connectivity index (χ4v) is 2.42. The molecule has 0 spiro atoms. The van der Waals surface area contributed by atoms with Crippen LogP contribution in [-0.4, -0.2) is 20.8 Å². The summed E-state index contributed by atoms with van der Waals surface area (Å²) in [7, 11) is 1.20. The van der Waals surface area contributed by atoms with Crippen LogP contribution in [0.4, 0.5) is 0 Å². The Morgan fingerprint density at radius 2 is 1.22 bits per heavy atom. The van der Waals surface area contributed by atoms with E-state index in [9.17, 15) is 0 Å². The summed E-state index contributed by atoms with van der Waals surface area (Å²) in [4.78, 5) is 2.55. The van der Waals surface area contributed by atoms with E-state index >= 15 is 0 Å².